The first-order valence-corrected chi connectivity index (χ1v) is 11.6. The van der Waals surface area contributed by atoms with Crippen LogP contribution in [0.15, 0.2) is 60.8 Å². The number of carbonyl (C=O) groups is 3. The molecule has 0 fully saturated rings. The van der Waals surface area contributed by atoms with Crippen LogP contribution in [0.4, 0.5) is 0 Å². The molecule has 0 aliphatic rings. The van der Waals surface area contributed by atoms with Crippen molar-refractivity contribution in [2.45, 2.75) is 51.6 Å². The molecule has 7 nitrogen and oxygen atoms in total. The van der Waals surface area contributed by atoms with E-state index in [2.05, 4.69) is 15.6 Å². The Morgan fingerprint density at radius 2 is 1.65 bits per heavy atom. The first-order chi connectivity index (χ1) is 16.4. The van der Waals surface area contributed by atoms with E-state index in [0.717, 1.165) is 22.0 Å². The molecule has 0 unspecified atom stereocenters. The van der Waals surface area contributed by atoms with Crippen molar-refractivity contribution in [1.29, 1.82) is 0 Å². The Morgan fingerprint density at radius 1 is 0.941 bits per heavy atom. The second kappa shape index (κ2) is 12.0. The van der Waals surface area contributed by atoms with Crippen molar-refractivity contribution in [2.24, 2.45) is 5.92 Å². The molecule has 2 aromatic carbocycles. The largest absolute Gasteiger partial charge is 0.467 e. The molecule has 0 bridgehead atoms. The van der Waals surface area contributed by atoms with Crippen LogP contribution in [0.1, 0.15) is 37.8 Å². The van der Waals surface area contributed by atoms with Gasteiger partial charge in [-0.15, -0.1) is 0 Å². The lowest BCUT2D eigenvalue weighted by molar-refractivity contribution is -0.145. The van der Waals surface area contributed by atoms with Crippen LogP contribution in [0.2, 0.25) is 0 Å². The van der Waals surface area contributed by atoms with Crippen molar-refractivity contribution in [2.75, 3.05) is 7.11 Å². The number of para-hydroxylation sites is 1. The van der Waals surface area contributed by atoms with Crippen LogP contribution >= 0.6 is 0 Å². The van der Waals surface area contributed by atoms with Gasteiger partial charge in [0.1, 0.15) is 12.1 Å². The minimum atomic E-state index is -0.868. The van der Waals surface area contributed by atoms with Crippen molar-refractivity contribution < 1.29 is 19.1 Å². The van der Waals surface area contributed by atoms with Crippen LogP contribution in [-0.2, 0) is 32.0 Å². The van der Waals surface area contributed by atoms with E-state index in [0.29, 0.717) is 12.8 Å². The van der Waals surface area contributed by atoms with E-state index in [1.807, 2.05) is 74.6 Å². The zero-order valence-electron chi connectivity index (χ0n) is 20.0. The van der Waals surface area contributed by atoms with Gasteiger partial charge in [-0.3, -0.25) is 9.59 Å². The van der Waals surface area contributed by atoms with Crippen LogP contribution in [0.5, 0.6) is 0 Å². The molecule has 180 valence electrons. The SMILES string of the molecule is COC(=O)[C@H](Cc1c[nH]c2ccccc12)NC(=O)[C@H](CC(C)C)NC(=O)CCc1ccccc1. The molecule has 0 spiro atoms. The van der Waals surface area contributed by atoms with E-state index < -0.39 is 24.0 Å². The van der Waals surface area contributed by atoms with Crippen molar-refractivity contribution in [3.05, 3.63) is 71.9 Å². The number of H-pyrrole nitrogens is 1. The molecule has 1 aromatic heterocycles. The fraction of sp³-hybridized carbons (Fsp3) is 0.370. The molecule has 34 heavy (non-hydrogen) atoms. The van der Waals surface area contributed by atoms with Crippen molar-refractivity contribution in [3.63, 3.8) is 0 Å². The van der Waals surface area contributed by atoms with Crippen LogP contribution in [-0.4, -0.2) is 42.0 Å². The van der Waals surface area contributed by atoms with Gasteiger partial charge in [-0.1, -0.05) is 62.4 Å². The van der Waals surface area contributed by atoms with Gasteiger partial charge in [0, 0.05) is 29.9 Å². The third kappa shape index (κ3) is 6.94. The standard InChI is InChI=1S/C27H33N3O4/c1-18(2)15-23(29-25(31)14-13-19-9-5-4-6-10-19)26(32)30-24(27(33)34-3)16-20-17-28-22-12-8-7-11-21(20)22/h4-12,17-18,23-24,28H,13-16H2,1-3H3,(H,29,31)(H,30,32)/t23-,24-/m0/s1. The second-order valence-corrected chi connectivity index (χ2v) is 8.88. The Bertz CT molecular complexity index is 1110. The maximum Gasteiger partial charge on any atom is 0.328 e. The van der Waals surface area contributed by atoms with Crippen LogP contribution in [0.3, 0.4) is 0 Å². The molecule has 0 radical (unpaired) electrons. The van der Waals surface area contributed by atoms with Gasteiger partial charge in [0.25, 0.3) is 0 Å². The van der Waals surface area contributed by atoms with E-state index in [1.165, 1.54) is 7.11 Å². The molecule has 0 aliphatic carbocycles. The number of hydrogen-bond donors (Lipinski definition) is 3. The average molecular weight is 464 g/mol. The summed E-state index contributed by atoms with van der Waals surface area (Å²) in [7, 11) is 1.30. The summed E-state index contributed by atoms with van der Waals surface area (Å²) in [6.07, 6.45) is 3.45. The van der Waals surface area contributed by atoms with Gasteiger partial charge in [0.05, 0.1) is 7.11 Å². The van der Waals surface area contributed by atoms with Gasteiger partial charge < -0.3 is 20.4 Å². The van der Waals surface area contributed by atoms with Gasteiger partial charge in [-0.2, -0.15) is 0 Å². The maximum absolute atomic E-state index is 13.2. The zero-order valence-corrected chi connectivity index (χ0v) is 20.0. The van der Waals surface area contributed by atoms with Crippen LogP contribution in [0, 0.1) is 5.92 Å². The Hall–Kier alpha value is -3.61. The summed E-state index contributed by atoms with van der Waals surface area (Å²) in [5.41, 5.74) is 2.92. The molecule has 2 atom stereocenters. The lowest BCUT2D eigenvalue weighted by Crippen LogP contribution is -2.52. The number of ether oxygens (including phenoxy) is 1. The lowest BCUT2D eigenvalue weighted by atomic mass is 10.0. The Labute approximate surface area is 200 Å². The number of esters is 1. The number of methoxy groups -OCH3 is 1. The van der Waals surface area contributed by atoms with Gasteiger partial charge in [0.15, 0.2) is 0 Å². The summed E-state index contributed by atoms with van der Waals surface area (Å²) >= 11 is 0. The van der Waals surface area contributed by atoms with Gasteiger partial charge >= 0.3 is 5.97 Å². The fourth-order valence-electron chi connectivity index (χ4n) is 4.00. The molecule has 7 heteroatoms. The first-order valence-electron chi connectivity index (χ1n) is 11.6. The highest BCUT2D eigenvalue weighted by atomic mass is 16.5. The fourth-order valence-corrected chi connectivity index (χ4v) is 4.00. The molecule has 2 amide bonds. The summed E-state index contributed by atoms with van der Waals surface area (Å²) in [4.78, 5) is 41.5. The predicted octanol–water partition coefficient (Wildman–Crippen LogP) is 3.53. The highest BCUT2D eigenvalue weighted by Crippen LogP contribution is 2.19. The quantitative estimate of drug-likeness (QED) is 0.379. The average Bonchev–Trinajstić information content (AvgIpc) is 3.24. The first kappa shape index (κ1) is 25.0. The predicted molar refractivity (Wildman–Crippen MR) is 132 cm³/mol. The summed E-state index contributed by atoms with van der Waals surface area (Å²) in [5, 5.41) is 6.66. The number of amides is 2. The van der Waals surface area contributed by atoms with E-state index in [4.69, 9.17) is 4.74 Å². The number of aromatic nitrogens is 1. The third-order valence-corrected chi connectivity index (χ3v) is 5.74. The maximum atomic E-state index is 13.2. The van der Waals surface area contributed by atoms with E-state index >= 15 is 0 Å². The van der Waals surface area contributed by atoms with E-state index in [1.54, 1.807) is 0 Å². The van der Waals surface area contributed by atoms with Gasteiger partial charge in [0.2, 0.25) is 11.8 Å². The summed E-state index contributed by atoms with van der Waals surface area (Å²) in [5.74, 6) is -0.944. The van der Waals surface area contributed by atoms with Crippen LogP contribution in [0.25, 0.3) is 10.9 Å². The molecule has 3 aromatic rings. The molecule has 1 heterocycles. The molecular formula is C27H33N3O4. The highest BCUT2D eigenvalue weighted by molar-refractivity contribution is 5.91. The van der Waals surface area contributed by atoms with E-state index in [9.17, 15) is 14.4 Å². The van der Waals surface area contributed by atoms with Crippen LogP contribution < -0.4 is 10.6 Å². The lowest BCUT2D eigenvalue weighted by Gasteiger charge is -2.23. The molecule has 0 saturated heterocycles. The number of fused-ring (bicyclic) bond motifs is 1. The number of rotatable bonds is 11. The normalized spacial score (nSPS) is 12.8. The minimum Gasteiger partial charge on any atom is -0.467 e. The third-order valence-electron chi connectivity index (χ3n) is 5.74. The summed E-state index contributed by atoms with van der Waals surface area (Å²) in [6.45, 7) is 3.97. The smallest absolute Gasteiger partial charge is 0.328 e. The number of carbonyl (C=O) groups excluding carboxylic acids is 3. The second-order valence-electron chi connectivity index (χ2n) is 8.88. The highest BCUT2D eigenvalue weighted by Gasteiger charge is 2.28. The Morgan fingerprint density at radius 3 is 2.35 bits per heavy atom. The van der Waals surface area contributed by atoms with Gasteiger partial charge in [-0.05, 0) is 36.0 Å². The number of hydrogen-bond acceptors (Lipinski definition) is 4. The monoisotopic (exact) mass is 463 g/mol. The van der Waals surface area contributed by atoms with Crippen molar-refractivity contribution in [1.82, 2.24) is 15.6 Å². The molecule has 0 aliphatic heterocycles. The van der Waals surface area contributed by atoms with E-state index in [-0.39, 0.29) is 24.7 Å². The zero-order chi connectivity index (χ0) is 24.5. The number of nitrogens with one attached hydrogen (secondary N) is 3. The minimum absolute atomic E-state index is 0.176. The summed E-state index contributed by atoms with van der Waals surface area (Å²) in [6, 6.07) is 15.9. The topological polar surface area (TPSA) is 100 Å². The van der Waals surface area contributed by atoms with Crippen molar-refractivity contribution in [3.8, 4) is 0 Å². The van der Waals surface area contributed by atoms with Crippen molar-refractivity contribution >= 4 is 28.7 Å². The molecular weight excluding hydrogens is 430 g/mol. The Balaban J connectivity index is 1.68. The number of aryl methyl sites for hydroxylation is 1. The Kier molecular flexibility index (Phi) is 8.85. The number of benzene rings is 2. The molecule has 0 saturated carbocycles. The van der Waals surface area contributed by atoms with Gasteiger partial charge in [-0.25, -0.2) is 4.79 Å². The molecule has 3 rings (SSSR count). The number of aromatic amines is 1. The molecule has 3 N–H and O–H groups in total. The summed E-state index contributed by atoms with van der Waals surface area (Å²) < 4.78 is 4.95.